The molecule has 1 atom stereocenters. The number of hydrogen-bond donors (Lipinski definition) is 1. The van der Waals surface area contributed by atoms with Crippen LogP contribution in [0.2, 0.25) is 5.02 Å². The summed E-state index contributed by atoms with van der Waals surface area (Å²) in [5, 5.41) is 10.2. The Morgan fingerprint density at radius 1 is 1.05 bits per heavy atom. The van der Waals surface area contributed by atoms with Gasteiger partial charge in [0.25, 0.3) is 0 Å². The summed E-state index contributed by atoms with van der Waals surface area (Å²) in [6.45, 7) is 0.667. The molecule has 2 aromatic carbocycles. The van der Waals surface area contributed by atoms with Gasteiger partial charge in [-0.1, -0.05) is 39.7 Å². The Balaban J connectivity index is 1.87. The molecule has 2 rings (SSSR count). The first kappa shape index (κ1) is 15.4. The fourth-order valence-electron chi connectivity index (χ4n) is 1.95. The highest BCUT2D eigenvalue weighted by Gasteiger charge is 2.10. The molecular weight excluding hydrogens is 340 g/mol. The molecule has 0 aromatic heterocycles. The molecule has 0 aliphatic carbocycles. The normalized spacial score (nSPS) is 12.2. The van der Waals surface area contributed by atoms with Gasteiger partial charge in [0.05, 0.1) is 13.2 Å². The van der Waals surface area contributed by atoms with Crippen LogP contribution in [0, 0.1) is 0 Å². The van der Waals surface area contributed by atoms with E-state index in [1.165, 1.54) is 0 Å². The minimum atomic E-state index is 0.0720. The van der Waals surface area contributed by atoms with Crippen LogP contribution in [0.15, 0.2) is 53.0 Å². The lowest BCUT2D eigenvalue weighted by Gasteiger charge is -2.15. The summed E-state index contributed by atoms with van der Waals surface area (Å²) < 4.78 is 6.71. The summed E-state index contributed by atoms with van der Waals surface area (Å²) in [4.78, 5) is 0. The van der Waals surface area contributed by atoms with E-state index in [-0.39, 0.29) is 12.5 Å². The third kappa shape index (κ3) is 4.51. The van der Waals surface area contributed by atoms with Gasteiger partial charge >= 0.3 is 0 Å². The van der Waals surface area contributed by atoms with Crippen molar-refractivity contribution in [2.75, 3.05) is 13.2 Å². The van der Waals surface area contributed by atoms with E-state index in [4.69, 9.17) is 16.3 Å². The van der Waals surface area contributed by atoms with E-state index in [1.807, 2.05) is 48.5 Å². The smallest absolute Gasteiger partial charge is 0.119 e. The predicted octanol–water partition coefficient (Wildman–Crippen LogP) is 4.65. The van der Waals surface area contributed by atoms with Crippen molar-refractivity contribution in [3.8, 4) is 5.75 Å². The molecule has 0 fully saturated rings. The zero-order valence-electron chi connectivity index (χ0n) is 10.9. The second kappa shape index (κ2) is 7.67. The second-order valence-corrected chi connectivity index (χ2v) is 5.87. The molecule has 0 amide bonds. The average molecular weight is 356 g/mol. The lowest BCUT2D eigenvalue weighted by Crippen LogP contribution is -2.09. The van der Waals surface area contributed by atoms with Crippen molar-refractivity contribution in [1.82, 2.24) is 0 Å². The summed E-state index contributed by atoms with van der Waals surface area (Å²) in [6, 6.07) is 15.3. The van der Waals surface area contributed by atoms with E-state index >= 15 is 0 Å². The van der Waals surface area contributed by atoms with Crippen molar-refractivity contribution in [2.24, 2.45) is 0 Å². The molecular formula is C16H16BrClO2. The maximum Gasteiger partial charge on any atom is 0.119 e. The SMILES string of the molecule is OCC(CCOc1ccc(Br)cc1)c1ccc(Cl)cc1. The van der Waals surface area contributed by atoms with Crippen LogP contribution in [0.4, 0.5) is 0 Å². The summed E-state index contributed by atoms with van der Waals surface area (Å²) >= 11 is 9.25. The monoisotopic (exact) mass is 354 g/mol. The van der Waals surface area contributed by atoms with E-state index in [0.717, 1.165) is 22.2 Å². The molecule has 0 saturated carbocycles. The zero-order chi connectivity index (χ0) is 14.4. The first-order chi connectivity index (χ1) is 9.69. The largest absolute Gasteiger partial charge is 0.494 e. The van der Waals surface area contributed by atoms with Gasteiger partial charge in [-0.25, -0.2) is 0 Å². The number of aliphatic hydroxyl groups excluding tert-OH is 1. The maximum atomic E-state index is 9.49. The topological polar surface area (TPSA) is 29.5 Å². The molecule has 0 aliphatic rings. The van der Waals surface area contributed by atoms with Crippen molar-refractivity contribution in [3.05, 3.63) is 63.6 Å². The fourth-order valence-corrected chi connectivity index (χ4v) is 2.34. The molecule has 2 aromatic rings. The molecule has 1 N–H and O–H groups in total. The van der Waals surface area contributed by atoms with E-state index in [9.17, 15) is 5.11 Å². The molecule has 2 nitrogen and oxygen atoms in total. The van der Waals surface area contributed by atoms with Gasteiger partial charge in [-0.05, 0) is 48.4 Å². The lowest BCUT2D eigenvalue weighted by atomic mass is 9.97. The summed E-state index contributed by atoms with van der Waals surface area (Å²) in [6.07, 6.45) is 0.758. The molecule has 0 radical (unpaired) electrons. The van der Waals surface area contributed by atoms with Crippen LogP contribution in [0.3, 0.4) is 0 Å². The van der Waals surface area contributed by atoms with Crippen LogP contribution in [-0.2, 0) is 0 Å². The third-order valence-corrected chi connectivity index (χ3v) is 3.89. The Morgan fingerprint density at radius 3 is 2.30 bits per heavy atom. The van der Waals surface area contributed by atoms with Crippen molar-refractivity contribution >= 4 is 27.5 Å². The third-order valence-electron chi connectivity index (χ3n) is 3.11. The van der Waals surface area contributed by atoms with E-state index < -0.39 is 0 Å². The number of hydrogen-bond acceptors (Lipinski definition) is 2. The first-order valence-corrected chi connectivity index (χ1v) is 7.61. The van der Waals surface area contributed by atoms with Crippen molar-refractivity contribution < 1.29 is 9.84 Å². The minimum absolute atomic E-state index is 0.0720. The minimum Gasteiger partial charge on any atom is -0.494 e. The van der Waals surface area contributed by atoms with Gasteiger partial charge < -0.3 is 9.84 Å². The van der Waals surface area contributed by atoms with E-state index in [2.05, 4.69) is 15.9 Å². The number of aliphatic hydroxyl groups is 1. The van der Waals surface area contributed by atoms with Crippen molar-refractivity contribution in [3.63, 3.8) is 0 Å². The lowest BCUT2D eigenvalue weighted by molar-refractivity contribution is 0.229. The second-order valence-electron chi connectivity index (χ2n) is 4.52. The number of ether oxygens (including phenoxy) is 1. The highest BCUT2D eigenvalue weighted by molar-refractivity contribution is 9.10. The Morgan fingerprint density at radius 2 is 1.70 bits per heavy atom. The Kier molecular flexibility index (Phi) is 5.89. The van der Waals surface area contributed by atoms with Crippen molar-refractivity contribution in [1.29, 1.82) is 0 Å². The van der Waals surface area contributed by atoms with Crippen LogP contribution in [-0.4, -0.2) is 18.3 Å². The standard InChI is InChI=1S/C16H16BrClO2/c17-14-3-7-16(8-4-14)20-10-9-13(11-19)12-1-5-15(18)6-2-12/h1-8,13,19H,9-11H2. The van der Waals surface area contributed by atoms with Crippen molar-refractivity contribution in [2.45, 2.75) is 12.3 Å². The van der Waals surface area contributed by atoms with Gasteiger partial charge in [-0.15, -0.1) is 0 Å². The van der Waals surface area contributed by atoms with Crippen LogP contribution in [0.25, 0.3) is 0 Å². The Bertz CT molecular complexity index is 525. The molecule has 20 heavy (non-hydrogen) atoms. The van der Waals surface area contributed by atoms with Crippen LogP contribution in [0.1, 0.15) is 17.9 Å². The van der Waals surface area contributed by atoms with E-state index in [0.29, 0.717) is 11.6 Å². The number of benzene rings is 2. The van der Waals surface area contributed by atoms with Gasteiger partial charge in [0.15, 0.2) is 0 Å². The molecule has 0 aliphatic heterocycles. The molecule has 4 heteroatoms. The molecule has 106 valence electrons. The average Bonchev–Trinajstić information content (AvgIpc) is 2.47. The van der Waals surface area contributed by atoms with Gasteiger partial charge in [-0.2, -0.15) is 0 Å². The molecule has 0 heterocycles. The van der Waals surface area contributed by atoms with E-state index in [1.54, 1.807) is 0 Å². The summed E-state index contributed by atoms with van der Waals surface area (Å²) in [7, 11) is 0. The van der Waals surface area contributed by atoms with Gasteiger partial charge in [0, 0.05) is 15.4 Å². The first-order valence-electron chi connectivity index (χ1n) is 6.43. The zero-order valence-corrected chi connectivity index (χ0v) is 13.3. The van der Waals surface area contributed by atoms with Crippen LogP contribution < -0.4 is 4.74 Å². The maximum absolute atomic E-state index is 9.49. The number of halogens is 2. The number of rotatable bonds is 6. The Hall–Kier alpha value is -1.03. The highest BCUT2D eigenvalue weighted by atomic mass is 79.9. The van der Waals surface area contributed by atoms with Crippen LogP contribution >= 0.6 is 27.5 Å². The van der Waals surface area contributed by atoms with Crippen LogP contribution in [0.5, 0.6) is 5.75 Å². The fraction of sp³-hybridized carbons (Fsp3) is 0.250. The summed E-state index contributed by atoms with van der Waals surface area (Å²) in [5.41, 5.74) is 1.08. The van der Waals surface area contributed by atoms with Gasteiger partial charge in [0.1, 0.15) is 5.75 Å². The quantitative estimate of drug-likeness (QED) is 0.817. The molecule has 1 unspecified atom stereocenters. The Labute approximate surface area is 132 Å². The predicted molar refractivity (Wildman–Crippen MR) is 85.5 cm³/mol. The molecule has 0 spiro atoms. The molecule has 0 saturated heterocycles. The highest BCUT2D eigenvalue weighted by Crippen LogP contribution is 2.22. The van der Waals surface area contributed by atoms with Gasteiger partial charge in [-0.3, -0.25) is 0 Å². The van der Waals surface area contributed by atoms with Gasteiger partial charge in [0.2, 0.25) is 0 Å². The summed E-state index contributed by atoms with van der Waals surface area (Å²) in [5.74, 6) is 0.906. The molecule has 0 bridgehead atoms.